The first kappa shape index (κ1) is 17.1. The molecule has 0 aliphatic carbocycles. The van der Waals surface area contributed by atoms with Gasteiger partial charge < -0.3 is 14.7 Å². The Morgan fingerprint density at radius 3 is 2.81 bits per heavy atom. The van der Waals surface area contributed by atoms with Gasteiger partial charge in [-0.25, -0.2) is 0 Å². The number of aromatic nitrogens is 1. The second-order valence-electron chi connectivity index (χ2n) is 4.78. The van der Waals surface area contributed by atoms with Gasteiger partial charge in [-0.05, 0) is 25.5 Å². The molecule has 0 aromatic carbocycles. The van der Waals surface area contributed by atoms with Crippen LogP contribution in [0.3, 0.4) is 0 Å². The minimum atomic E-state index is -0.913. The van der Waals surface area contributed by atoms with Gasteiger partial charge in [0, 0.05) is 38.7 Å². The molecule has 6 nitrogen and oxygen atoms in total. The summed E-state index contributed by atoms with van der Waals surface area (Å²) in [5.41, 5.74) is 0.464. The smallest absolute Gasteiger partial charge is 0.308 e. The Morgan fingerprint density at radius 2 is 2.24 bits per heavy atom. The number of carbonyl (C=O) groups is 2. The summed E-state index contributed by atoms with van der Waals surface area (Å²) in [6.07, 6.45) is 3.76. The summed E-state index contributed by atoms with van der Waals surface area (Å²) >= 11 is 0. The van der Waals surface area contributed by atoms with Crippen LogP contribution in [-0.4, -0.2) is 53.2 Å². The van der Waals surface area contributed by atoms with Crippen LogP contribution in [0.5, 0.6) is 0 Å². The van der Waals surface area contributed by atoms with E-state index in [0.29, 0.717) is 31.7 Å². The van der Waals surface area contributed by atoms with Crippen molar-refractivity contribution in [3.05, 3.63) is 30.1 Å². The lowest BCUT2D eigenvalue weighted by Crippen LogP contribution is -2.38. The lowest BCUT2D eigenvalue weighted by atomic mass is 10.1. The van der Waals surface area contributed by atoms with Gasteiger partial charge in [0.25, 0.3) is 5.91 Å². The van der Waals surface area contributed by atoms with E-state index in [4.69, 9.17) is 9.84 Å². The highest BCUT2D eigenvalue weighted by Gasteiger charge is 2.21. The van der Waals surface area contributed by atoms with Crippen molar-refractivity contribution in [1.29, 1.82) is 0 Å². The lowest BCUT2D eigenvalue weighted by molar-refractivity contribution is -0.141. The van der Waals surface area contributed by atoms with Crippen molar-refractivity contribution in [2.24, 2.45) is 5.92 Å². The fourth-order valence-corrected chi connectivity index (χ4v) is 1.86. The van der Waals surface area contributed by atoms with Gasteiger partial charge in [-0.1, -0.05) is 6.92 Å². The topological polar surface area (TPSA) is 79.7 Å². The molecule has 0 aliphatic heterocycles. The highest BCUT2D eigenvalue weighted by atomic mass is 16.5. The van der Waals surface area contributed by atoms with Crippen molar-refractivity contribution in [3.63, 3.8) is 0 Å². The molecular formula is C15H22N2O4. The number of nitrogens with zero attached hydrogens (tertiary/aromatic N) is 2. The monoisotopic (exact) mass is 294 g/mol. The molecule has 0 saturated carbocycles. The molecule has 1 atom stereocenters. The predicted octanol–water partition coefficient (Wildman–Crippen LogP) is 1.67. The molecule has 1 N–H and O–H groups in total. The number of carboxylic acids is 1. The van der Waals surface area contributed by atoms with Gasteiger partial charge in [0.1, 0.15) is 0 Å². The Kier molecular flexibility index (Phi) is 7.39. The molecule has 0 fully saturated rings. The molecule has 0 bridgehead atoms. The number of aliphatic carboxylic acids is 1. The minimum Gasteiger partial charge on any atom is -0.481 e. The number of rotatable bonds is 9. The van der Waals surface area contributed by atoms with Gasteiger partial charge in [-0.3, -0.25) is 14.6 Å². The first-order valence-electron chi connectivity index (χ1n) is 7.06. The van der Waals surface area contributed by atoms with E-state index in [2.05, 4.69) is 4.98 Å². The maximum absolute atomic E-state index is 12.4. The zero-order valence-electron chi connectivity index (χ0n) is 12.5. The van der Waals surface area contributed by atoms with E-state index in [1.807, 2.05) is 6.92 Å². The molecule has 116 valence electrons. The van der Waals surface area contributed by atoms with Crippen LogP contribution in [0.4, 0.5) is 0 Å². The van der Waals surface area contributed by atoms with Gasteiger partial charge in [0.2, 0.25) is 0 Å². The largest absolute Gasteiger partial charge is 0.481 e. The number of hydrogen-bond acceptors (Lipinski definition) is 4. The third-order valence-corrected chi connectivity index (χ3v) is 3.03. The number of carbonyl (C=O) groups excluding carboxylic acids is 1. The quantitative estimate of drug-likeness (QED) is 0.701. The van der Waals surface area contributed by atoms with Crippen LogP contribution in [0.25, 0.3) is 0 Å². The highest BCUT2D eigenvalue weighted by molar-refractivity contribution is 5.94. The summed E-state index contributed by atoms with van der Waals surface area (Å²) in [6, 6.07) is 3.36. The standard InChI is InChI=1S/C15H22N2O4/c1-3-21-9-5-8-17(11-12(2)15(19)20)14(18)13-6-4-7-16-10-13/h4,6-7,10,12H,3,5,8-9,11H2,1-2H3,(H,19,20). The van der Waals surface area contributed by atoms with E-state index in [1.165, 1.54) is 6.20 Å². The van der Waals surface area contributed by atoms with Crippen LogP contribution in [0.1, 0.15) is 30.6 Å². The zero-order valence-corrected chi connectivity index (χ0v) is 12.5. The fourth-order valence-electron chi connectivity index (χ4n) is 1.86. The van der Waals surface area contributed by atoms with Crippen LogP contribution in [0, 0.1) is 5.92 Å². The molecule has 6 heteroatoms. The van der Waals surface area contributed by atoms with E-state index in [1.54, 1.807) is 30.2 Å². The molecule has 0 radical (unpaired) electrons. The molecule has 0 spiro atoms. The Hall–Kier alpha value is -1.95. The molecule has 1 unspecified atom stereocenters. The van der Waals surface area contributed by atoms with Gasteiger partial charge in [-0.15, -0.1) is 0 Å². The van der Waals surface area contributed by atoms with E-state index >= 15 is 0 Å². The van der Waals surface area contributed by atoms with E-state index in [-0.39, 0.29) is 12.5 Å². The number of amides is 1. The number of ether oxygens (including phenoxy) is 1. The average molecular weight is 294 g/mol. The van der Waals surface area contributed by atoms with Gasteiger partial charge >= 0.3 is 5.97 Å². The molecular weight excluding hydrogens is 272 g/mol. The van der Waals surface area contributed by atoms with Crippen LogP contribution >= 0.6 is 0 Å². The molecule has 1 rings (SSSR count). The predicted molar refractivity (Wildman–Crippen MR) is 78.1 cm³/mol. The summed E-state index contributed by atoms with van der Waals surface area (Å²) in [5.74, 6) is -1.73. The third kappa shape index (κ3) is 5.91. The summed E-state index contributed by atoms with van der Waals surface area (Å²) in [6.45, 7) is 5.32. The Balaban J connectivity index is 2.70. The number of pyridine rings is 1. The molecule has 1 aromatic rings. The Labute approximate surface area is 124 Å². The fraction of sp³-hybridized carbons (Fsp3) is 0.533. The summed E-state index contributed by atoms with van der Waals surface area (Å²) in [4.78, 5) is 28.9. The number of hydrogen-bond donors (Lipinski definition) is 1. The molecule has 0 saturated heterocycles. The molecule has 1 amide bonds. The van der Waals surface area contributed by atoms with Crippen molar-refractivity contribution in [2.45, 2.75) is 20.3 Å². The average Bonchev–Trinajstić information content (AvgIpc) is 2.50. The SMILES string of the molecule is CCOCCCN(CC(C)C(=O)O)C(=O)c1cccnc1. The van der Waals surface area contributed by atoms with E-state index in [0.717, 1.165) is 0 Å². The molecule has 1 heterocycles. The second kappa shape index (κ2) is 9.07. The maximum Gasteiger partial charge on any atom is 0.308 e. The first-order chi connectivity index (χ1) is 10.1. The highest BCUT2D eigenvalue weighted by Crippen LogP contribution is 2.08. The normalized spacial score (nSPS) is 11.9. The zero-order chi connectivity index (χ0) is 15.7. The summed E-state index contributed by atoms with van der Waals surface area (Å²) < 4.78 is 5.26. The Morgan fingerprint density at radius 1 is 1.48 bits per heavy atom. The summed E-state index contributed by atoms with van der Waals surface area (Å²) in [7, 11) is 0. The maximum atomic E-state index is 12.4. The van der Waals surface area contributed by atoms with E-state index in [9.17, 15) is 9.59 Å². The van der Waals surface area contributed by atoms with Crippen LogP contribution < -0.4 is 0 Å². The van der Waals surface area contributed by atoms with Crippen LogP contribution in [0.2, 0.25) is 0 Å². The van der Waals surface area contributed by atoms with Crippen molar-refractivity contribution in [2.75, 3.05) is 26.3 Å². The van der Waals surface area contributed by atoms with Crippen molar-refractivity contribution < 1.29 is 19.4 Å². The van der Waals surface area contributed by atoms with Crippen molar-refractivity contribution in [1.82, 2.24) is 9.88 Å². The van der Waals surface area contributed by atoms with Gasteiger partial charge in [0.15, 0.2) is 0 Å². The van der Waals surface area contributed by atoms with Crippen LogP contribution in [-0.2, 0) is 9.53 Å². The number of carboxylic acid groups (broad SMARTS) is 1. The Bertz CT molecular complexity index is 450. The third-order valence-electron chi connectivity index (χ3n) is 3.03. The molecule has 1 aromatic heterocycles. The lowest BCUT2D eigenvalue weighted by Gasteiger charge is -2.24. The van der Waals surface area contributed by atoms with Crippen molar-refractivity contribution >= 4 is 11.9 Å². The van der Waals surface area contributed by atoms with Crippen LogP contribution in [0.15, 0.2) is 24.5 Å². The summed E-state index contributed by atoms with van der Waals surface area (Å²) in [5, 5.41) is 9.02. The molecule has 21 heavy (non-hydrogen) atoms. The minimum absolute atomic E-state index is 0.176. The van der Waals surface area contributed by atoms with E-state index < -0.39 is 11.9 Å². The van der Waals surface area contributed by atoms with Gasteiger partial charge in [-0.2, -0.15) is 0 Å². The second-order valence-corrected chi connectivity index (χ2v) is 4.78. The molecule has 0 aliphatic rings. The first-order valence-corrected chi connectivity index (χ1v) is 7.06. The van der Waals surface area contributed by atoms with Crippen molar-refractivity contribution in [3.8, 4) is 0 Å². The van der Waals surface area contributed by atoms with Gasteiger partial charge in [0.05, 0.1) is 11.5 Å².